The first kappa shape index (κ1) is 16.3. The second-order valence-corrected chi connectivity index (χ2v) is 7.04. The van der Waals surface area contributed by atoms with Crippen molar-refractivity contribution in [3.63, 3.8) is 0 Å². The van der Waals surface area contributed by atoms with Crippen molar-refractivity contribution >= 4 is 5.69 Å². The molecule has 1 N–H and O–H groups in total. The van der Waals surface area contributed by atoms with Crippen LogP contribution < -0.4 is 10.2 Å². The number of benzene rings is 1. The van der Waals surface area contributed by atoms with Crippen molar-refractivity contribution in [1.29, 1.82) is 0 Å². The topological polar surface area (TPSA) is 24.5 Å². The number of nitrogens with one attached hydrogen (secondary N) is 1. The largest absolute Gasteiger partial charge is 0.377 e. The van der Waals surface area contributed by atoms with Crippen LogP contribution in [0.25, 0.3) is 0 Å². The van der Waals surface area contributed by atoms with Gasteiger partial charge in [0.05, 0.1) is 19.3 Å². The number of morpholine rings is 1. The molecule has 21 heavy (non-hydrogen) atoms. The van der Waals surface area contributed by atoms with Gasteiger partial charge in [0, 0.05) is 24.3 Å². The van der Waals surface area contributed by atoms with Crippen LogP contribution >= 0.6 is 0 Å². The Balaban J connectivity index is 2.10. The summed E-state index contributed by atoms with van der Waals surface area (Å²) >= 11 is 0. The van der Waals surface area contributed by atoms with E-state index in [4.69, 9.17) is 4.74 Å². The molecule has 0 spiro atoms. The lowest BCUT2D eigenvalue weighted by atomic mass is 10.0. The van der Waals surface area contributed by atoms with Crippen molar-refractivity contribution in [2.24, 2.45) is 0 Å². The Bertz CT molecular complexity index is 465. The molecular weight excluding hydrogens is 260 g/mol. The monoisotopic (exact) mass is 290 g/mol. The Kier molecular flexibility index (Phi) is 5.28. The molecule has 0 amide bonds. The lowest BCUT2D eigenvalue weighted by Crippen LogP contribution is -2.45. The van der Waals surface area contributed by atoms with Gasteiger partial charge in [-0.25, -0.2) is 0 Å². The molecule has 0 bridgehead atoms. The lowest BCUT2D eigenvalue weighted by molar-refractivity contribution is 0.0930. The molecule has 1 saturated heterocycles. The summed E-state index contributed by atoms with van der Waals surface area (Å²) in [7, 11) is 0. The zero-order valence-electron chi connectivity index (χ0n) is 14.2. The normalized spacial score (nSPS) is 19.9. The van der Waals surface area contributed by atoms with Gasteiger partial charge in [-0.2, -0.15) is 0 Å². The lowest BCUT2D eigenvalue weighted by Gasteiger charge is -2.37. The minimum absolute atomic E-state index is 0.155. The highest BCUT2D eigenvalue weighted by Gasteiger charge is 2.22. The van der Waals surface area contributed by atoms with Gasteiger partial charge in [0.25, 0.3) is 0 Å². The molecule has 0 saturated carbocycles. The smallest absolute Gasteiger partial charge is 0.0670 e. The third-order valence-corrected chi connectivity index (χ3v) is 4.17. The molecule has 1 aliphatic rings. The fraction of sp³-hybridized carbons (Fsp3) is 0.667. The van der Waals surface area contributed by atoms with E-state index in [1.165, 1.54) is 16.8 Å². The zero-order chi connectivity index (χ0) is 15.5. The van der Waals surface area contributed by atoms with Crippen LogP contribution in [0, 0.1) is 6.92 Å². The number of hydrogen-bond acceptors (Lipinski definition) is 3. The predicted molar refractivity (Wildman–Crippen MR) is 90.0 cm³/mol. The predicted octanol–water partition coefficient (Wildman–Crippen LogP) is 3.50. The fourth-order valence-corrected chi connectivity index (χ4v) is 2.75. The number of anilines is 1. The molecule has 0 radical (unpaired) electrons. The summed E-state index contributed by atoms with van der Waals surface area (Å²) in [4.78, 5) is 2.50. The molecule has 1 unspecified atom stereocenters. The van der Waals surface area contributed by atoms with Gasteiger partial charge >= 0.3 is 0 Å². The van der Waals surface area contributed by atoms with Gasteiger partial charge in [-0.1, -0.05) is 13.0 Å². The first-order chi connectivity index (χ1) is 9.90. The Morgan fingerprint density at radius 3 is 2.71 bits per heavy atom. The van der Waals surface area contributed by atoms with Crippen LogP contribution in [-0.4, -0.2) is 31.3 Å². The molecule has 1 fully saturated rings. The summed E-state index contributed by atoms with van der Waals surface area (Å²) in [5.41, 5.74) is 4.24. The van der Waals surface area contributed by atoms with Crippen molar-refractivity contribution in [3.8, 4) is 0 Å². The molecule has 0 aliphatic carbocycles. The number of rotatable bonds is 4. The van der Waals surface area contributed by atoms with E-state index >= 15 is 0 Å². The number of ether oxygens (including phenoxy) is 1. The van der Waals surface area contributed by atoms with Crippen molar-refractivity contribution < 1.29 is 4.74 Å². The van der Waals surface area contributed by atoms with E-state index in [1.807, 2.05) is 0 Å². The van der Waals surface area contributed by atoms with E-state index in [0.717, 1.165) is 32.7 Å². The zero-order valence-corrected chi connectivity index (χ0v) is 14.2. The molecule has 3 nitrogen and oxygen atoms in total. The molecule has 118 valence electrons. The second-order valence-electron chi connectivity index (χ2n) is 7.04. The third kappa shape index (κ3) is 4.45. The molecule has 1 atom stereocenters. The molecular formula is C18H30N2O. The van der Waals surface area contributed by atoms with Gasteiger partial charge in [0.1, 0.15) is 0 Å². The van der Waals surface area contributed by atoms with Crippen LogP contribution in [0.3, 0.4) is 0 Å². The highest BCUT2D eigenvalue weighted by atomic mass is 16.5. The van der Waals surface area contributed by atoms with E-state index in [1.54, 1.807) is 0 Å². The SMILES string of the molecule is CCC1COCCN1c1ccc(CNC(C)(C)C)c(C)c1. The van der Waals surface area contributed by atoms with E-state index < -0.39 is 0 Å². The fourth-order valence-electron chi connectivity index (χ4n) is 2.75. The summed E-state index contributed by atoms with van der Waals surface area (Å²) in [6, 6.07) is 7.37. The van der Waals surface area contributed by atoms with Gasteiger partial charge < -0.3 is 15.0 Å². The van der Waals surface area contributed by atoms with E-state index in [-0.39, 0.29) is 5.54 Å². The molecule has 3 heteroatoms. The van der Waals surface area contributed by atoms with E-state index in [9.17, 15) is 0 Å². The van der Waals surface area contributed by atoms with Crippen LogP contribution in [0.2, 0.25) is 0 Å². The first-order valence-electron chi connectivity index (χ1n) is 8.09. The number of aryl methyl sites for hydroxylation is 1. The highest BCUT2D eigenvalue weighted by molar-refractivity contribution is 5.52. The summed E-state index contributed by atoms with van der Waals surface area (Å²) in [5.74, 6) is 0. The molecule has 1 aromatic rings. The van der Waals surface area contributed by atoms with Gasteiger partial charge in [-0.3, -0.25) is 0 Å². The molecule has 1 aromatic carbocycles. The molecule has 2 rings (SSSR count). The molecule has 1 aliphatic heterocycles. The van der Waals surface area contributed by atoms with Gasteiger partial charge in [0.15, 0.2) is 0 Å². The standard InChI is InChI=1S/C18H30N2O/c1-6-16-13-21-10-9-20(16)17-8-7-15(14(2)11-17)12-19-18(3,4)5/h7-8,11,16,19H,6,9-10,12-13H2,1-5H3. The van der Waals surface area contributed by atoms with Crippen LogP contribution in [0.4, 0.5) is 5.69 Å². The van der Waals surface area contributed by atoms with Gasteiger partial charge in [-0.05, 0) is 57.4 Å². The van der Waals surface area contributed by atoms with Crippen LogP contribution in [0.5, 0.6) is 0 Å². The summed E-state index contributed by atoms with van der Waals surface area (Å²) in [5, 5.41) is 3.56. The Labute approximate surface area is 129 Å². The van der Waals surface area contributed by atoms with Gasteiger partial charge in [0.2, 0.25) is 0 Å². The minimum atomic E-state index is 0.155. The third-order valence-electron chi connectivity index (χ3n) is 4.17. The van der Waals surface area contributed by atoms with Crippen molar-refractivity contribution in [2.45, 2.75) is 59.2 Å². The summed E-state index contributed by atoms with van der Waals surface area (Å²) in [6.45, 7) is 14.7. The maximum atomic E-state index is 5.60. The van der Waals surface area contributed by atoms with Crippen LogP contribution in [0.15, 0.2) is 18.2 Å². The maximum Gasteiger partial charge on any atom is 0.0670 e. The van der Waals surface area contributed by atoms with Crippen LogP contribution in [0.1, 0.15) is 45.2 Å². The Morgan fingerprint density at radius 1 is 1.33 bits per heavy atom. The van der Waals surface area contributed by atoms with Gasteiger partial charge in [-0.15, -0.1) is 0 Å². The number of nitrogens with zero attached hydrogens (tertiary/aromatic N) is 1. The molecule has 0 aromatic heterocycles. The van der Waals surface area contributed by atoms with Crippen molar-refractivity contribution in [1.82, 2.24) is 5.32 Å². The molecule has 1 heterocycles. The highest BCUT2D eigenvalue weighted by Crippen LogP contribution is 2.24. The Morgan fingerprint density at radius 2 is 2.10 bits per heavy atom. The minimum Gasteiger partial charge on any atom is -0.377 e. The first-order valence-corrected chi connectivity index (χ1v) is 8.09. The Hall–Kier alpha value is -1.06. The average Bonchev–Trinajstić information content (AvgIpc) is 2.45. The van der Waals surface area contributed by atoms with E-state index in [2.05, 4.69) is 63.0 Å². The maximum absolute atomic E-state index is 5.60. The van der Waals surface area contributed by atoms with Crippen molar-refractivity contribution in [2.75, 3.05) is 24.7 Å². The summed E-state index contributed by atoms with van der Waals surface area (Å²) in [6.07, 6.45) is 1.13. The van der Waals surface area contributed by atoms with Crippen molar-refractivity contribution in [3.05, 3.63) is 29.3 Å². The quantitative estimate of drug-likeness (QED) is 0.918. The second kappa shape index (κ2) is 6.80. The van der Waals surface area contributed by atoms with Crippen LogP contribution in [-0.2, 0) is 11.3 Å². The summed E-state index contributed by atoms with van der Waals surface area (Å²) < 4.78 is 5.60. The van der Waals surface area contributed by atoms with E-state index in [0.29, 0.717) is 6.04 Å². The average molecular weight is 290 g/mol. The number of hydrogen-bond donors (Lipinski definition) is 1.